The van der Waals surface area contributed by atoms with Crippen LogP contribution in [0.2, 0.25) is 0 Å². The summed E-state index contributed by atoms with van der Waals surface area (Å²) in [5.74, 6) is -1.55. The van der Waals surface area contributed by atoms with E-state index in [0.29, 0.717) is 5.69 Å². The zero-order chi connectivity index (χ0) is 9.26. The number of anilines is 1. The van der Waals surface area contributed by atoms with Crippen molar-refractivity contribution in [2.24, 2.45) is 10.3 Å². The highest BCUT2D eigenvalue weighted by Gasteiger charge is 2.28. The van der Waals surface area contributed by atoms with Crippen molar-refractivity contribution >= 4 is 17.5 Å². The van der Waals surface area contributed by atoms with E-state index in [0.717, 1.165) is 5.01 Å². The van der Waals surface area contributed by atoms with Crippen molar-refractivity contribution in [1.29, 1.82) is 0 Å². The second-order valence-corrected chi connectivity index (χ2v) is 2.45. The second-order valence-electron chi connectivity index (χ2n) is 2.45. The van der Waals surface area contributed by atoms with Gasteiger partial charge in [-0.2, -0.15) is 5.01 Å². The molecule has 1 aromatic carbocycles. The number of carbonyl (C=O) groups excluding carboxylic acids is 2. The second kappa shape index (κ2) is 2.78. The monoisotopic (exact) mass is 175 g/mol. The van der Waals surface area contributed by atoms with Crippen LogP contribution in [0, 0.1) is 0 Å². The summed E-state index contributed by atoms with van der Waals surface area (Å²) in [4.78, 5) is 21.8. The molecule has 2 amide bonds. The number of benzene rings is 1. The SMILES string of the molecule is O=C1N=NN(c2ccccc2)C1=O. The molecule has 0 unspecified atom stereocenters. The first kappa shape index (κ1) is 7.60. The van der Waals surface area contributed by atoms with Gasteiger partial charge in [0.15, 0.2) is 0 Å². The maximum absolute atomic E-state index is 11.1. The normalized spacial score (nSPS) is 15.5. The molecule has 5 nitrogen and oxygen atoms in total. The molecule has 2 rings (SSSR count). The Morgan fingerprint density at radius 3 is 2.31 bits per heavy atom. The summed E-state index contributed by atoms with van der Waals surface area (Å²) in [6.45, 7) is 0. The maximum Gasteiger partial charge on any atom is 0.357 e. The zero-order valence-corrected chi connectivity index (χ0v) is 6.54. The first-order valence-electron chi connectivity index (χ1n) is 3.64. The van der Waals surface area contributed by atoms with Crippen molar-refractivity contribution in [2.45, 2.75) is 0 Å². The van der Waals surface area contributed by atoms with Crippen molar-refractivity contribution in [3.05, 3.63) is 30.3 Å². The van der Waals surface area contributed by atoms with Crippen LogP contribution < -0.4 is 5.01 Å². The molecule has 64 valence electrons. The summed E-state index contributed by atoms with van der Waals surface area (Å²) in [6, 6.07) is 8.66. The zero-order valence-electron chi connectivity index (χ0n) is 6.54. The molecule has 0 atom stereocenters. The molecule has 5 heteroatoms. The number of hydrogen-bond acceptors (Lipinski definition) is 3. The Hall–Kier alpha value is -2.04. The smallest absolute Gasteiger partial charge is 0.261 e. The fourth-order valence-corrected chi connectivity index (χ4v) is 0.997. The molecule has 0 bridgehead atoms. The van der Waals surface area contributed by atoms with Gasteiger partial charge in [0, 0.05) is 0 Å². The lowest BCUT2D eigenvalue weighted by molar-refractivity contribution is -0.134. The molecule has 13 heavy (non-hydrogen) atoms. The first-order valence-corrected chi connectivity index (χ1v) is 3.64. The number of rotatable bonds is 1. The van der Waals surface area contributed by atoms with Gasteiger partial charge in [-0.1, -0.05) is 28.5 Å². The quantitative estimate of drug-likeness (QED) is 0.596. The van der Waals surface area contributed by atoms with Crippen LogP contribution in [-0.2, 0) is 9.59 Å². The van der Waals surface area contributed by atoms with E-state index in [1.54, 1.807) is 24.3 Å². The van der Waals surface area contributed by atoms with Crippen LogP contribution in [0.4, 0.5) is 5.69 Å². The van der Waals surface area contributed by atoms with Crippen LogP contribution in [-0.4, -0.2) is 11.8 Å². The van der Waals surface area contributed by atoms with Gasteiger partial charge >= 0.3 is 11.8 Å². The van der Waals surface area contributed by atoms with Gasteiger partial charge in [-0.25, -0.2) is 0 Å². The Bertz CT molecular complexity index is 386. The molecule has 0 N–H and O–H groups in total. The number of nitrogens with zero attached hydrogens (tertiary/aromatic N) is 3. The minimum Gasteiger partial charge on any atom is -0.261 e. The predicted octanol–water partition coefficient (Wildman–Crippen LogP) is 0.927. The number of amides is 2. The lowest BCUT2D eigenvalue weighted by Crippen LogP contribution is -2.24. The van der Waals surface area contributed by atoms with Crippen LogP contribution in [0.15, 0.2) is 40.7 Å². The molecule has 1 aliphatic heterocycles. The molecule has 1 aromatic rings. The van der Waals surface area contributed by atoms with Crippen molar-refractivity contribution in [3.63, 3.8) is 0 Å². The van der Waals surface area contributed by atoms with Gasteiger partial charge in [0.2, 0.25) is 0 Å². The maximum atomic E-state index is 11.1. The highest BCUT2D eigenvalue weighted by Crippen LogP contribution is 2.17. The third-order valence-electron chi connectivity index (χ3n) is 1.60. The summed E-state index contributed by atoms with van der Waals surface area (Å²) in [5, 5.41) is 7.54. The summed E-state index contributed by atoms with van der Waals surface area (Å²) in [7, 11) is 0. The minimum absolute atomic E-state index is 0.544. The predicted molar refractivity (Wildman–Crippen MR) is 43.8 cm³/mol. The Morgan fingerprint density at radius 2 is 1.77 bits per heavy atom. The van der Waals surface area contributed by atoms with E-state index in [1.165, 1.54) is 0 Å². The standard InChI is InChI=1S/C8H5N3O2/c12-7-8(13)11(10-9-7)6-4-2-1-3-5-6/h1-5H. The van der Waals surface area contributed by atoms with Crippen LogP contribution in [0.5, 0.6) is 0 Å². The van der Waals surface area contributed by atoms with Gasteiger partial charge in [-0.05, 0) is 12.1 Å². The summed E-state index contributed by atoms with van der Waals surface area (Å²) in [6.07, 6.45) is 0. The van der Waals surface area contributed by atoms with Crippen molar-refractivity contribution in [1.82, 2.24) is 0 Å². The highest BCUT2D eigenvalue weighted by molar-refractivity contribution is 6.41. The topological polar surface area (TPSA) is 62.1 Å². The fourth-order valence-electron chi connectivity index (χ4n) is 0.997. The van der Waals surface area contributed by atoms with E-state index in [1.807, 2.05) is 6.07 Å². The Morgan fingerprint density at radius 1 is 1.08 bits per heavy atom. The van der Waals surface area contributed by atoms with E-state index >= 15 is 0 Å². The summed E-state index contributed by atoms with van der Waals surface area (Å²) in [5.41, 5.74) is 0.544. The van der Waals surface area contributed by atoms with Gasteiger partial charge in [0.1, 0.15) is 0 Å². The van der Waals surface area contributed by atoms with Crippen molar-refractivity contribution in [2.75, 3.05) is 5.01 Å². The average Bonchev–Trinajstić information content (AvgIpc) is 2.49. The molecular weight excluding hydrogens is 170 g/mol. The molecule has 1 aliphatic rings. The average molecular weight is 175 g/mol. The summed E-state index contributed by atoms with van der Waals surface area (Å²) < 4.78 is 0. The lowest BCUT2D eigenvalue weighted by Gasteiger charge is -2.06. The Balaban J connectivity index is 2.35. The number of hydrogen-bond donors (Lipinski definition) is 0. The van der Waals surface area contributed by atoms with E-state index in [9.17, 15) is 9.59 Å². The molecule has 0 radical (unpaired) electrons. The van der Waals surface area contributed by atoms with Crippen LogP contribution in [0.1, 0.15) is 0 Å². The Kier molecular flexibility index (Phi) is 1.63. The first-order chi connectivity index (χ1) is 6.29. The van der Waals surface area contributed by atoms with E-state index in [-0.39, 0.29) is 0 Å². The van der Waals surface area contributed by atoms with Gasteiger partial charge in [0.05, 0.1) is 5.69 Å². The van der Waals surface area contributed by atoms with E-state index in [4.69, 9.17) is 0 Å². The van der Waals surface area contributed by atoms with Gasteiger partial charge in [-0.15, -0.1) is 0 Å². The highest BCUT2D eigenvalue weighted by atomic mass is 16.2. The van der Waals surface area contributed by atoms with Crippen molar-refractivity contribution < 1.29 is 9.59 Å². The molecular formula is C8H5N3O2. The van der Waals surface area contributed by atoms with Gasteiger partial charge < -0.3 is 0 Å². The van der Waals surface area contributed by atoms with Gasteiger partial charge in [-0.3, -0.25) is 9.59 Å². The largest absolute Gasteiger partial charge is 0.357 e. The molecule has 0 fully saturated rings. The summed E-state index contributed by atoms with van der Waals surface area (Å²) >= 11 is 0. The van der Waals surface area contributed by atoms with Gasteiger partial charge in [0.25, 0.3) is 0 Å². The van der Waals surface area contributed by atoms with Crippen molar-refractivity contribution in [3.8, 4) is 0 Å². The minimum atomic E-state index is -0.830. The number of para-hydroxylation sites is 1. The number of carbonyl (C=O) groups is 2. The fraction of sp³-hybridized carbons (Fsp3) is 0. The molecule has 0 aromatic heterocycles. The third kappa shape index (κ3) is 1.20. The molecule has 0 aliphatic carbocycles. The van der Waals surface area contributed by atoms with E-state index < -0.39 is 11.8 Å². The van der Waals surface area contributed by atoms with E-state index in [2.05, 4.69) is 10.3 Å². The molecule has 0 saturated carbocycles. The van der Waals surface area contributed by atoms with Crippen LogP contribution >= 0.6 is 0 Å². The third-order valence-corrected chi connectivity index (χ3v) is 1.60. The molecule has 0 saturated heterocycles. The Labute approximate surface area is 73.7 Å². The lowest BCUT2D eigenvalue weighted by atomic mass is 10.3. The van der Waals surface area contributed by atoms with Crippen LogP contribution in [0.25, 0.3) is 0 Å². The molecule has 0 spiro atoms. The van der Waals surface area contributed by atoms with Crippen LogP contribution in [0.3, 0.4) is 0 Å². The molecule has 1 heterocycles.